The number of piperidine rings is 1. The van der Waals surface area contributed by atoms with Crippen LogP contribution < -0.4 is 5.73 Å². The third kappa shape index (κ3) is 3.61. The minimum atomic E-state index is 0. The number of rotatable bonds is 2. The molecule has 118 valence electrons. The van der Waals surface area contributed by atoms with Crippen molar-refractivity contribution in [2.45, 2.75) is 51.5 Å². The minimum absolute atomic E-state index is 0. The number of nitrogens with two attached hydrogens (primary N) is 1. The van der Waals surface area contributed by atoms with Crippen LogP contribution in [-0.4, -0.2) is 29.9 Å². The van der Waals surface area contributed by atoms with Crippen molar-refractivity contribution < 1.29 is 4.79 Å². The Morgan fingerprint density at radius 1 is 1.38 bits per heavy atom. The number of hydrogen-bond donors (Lipinski definition) is 1. The maximum atomic E-state index is 12.7. The first-order valence-electron chi connectivity index (χ1n) is 7.81. The fraction of sp³-hybridized carbons (Fsp3) is 0.688. The van der Waals surface area contributed by atoms with Gasteiger partial charge in [0.05, 0.1) is 4.88 Å². The van der Waals surface area contributed by atoms with E-state index in [1.54, 1.807) is 11.3 Å². The molecule has 0 saturated carbocycles. The number of carbonyl (C=O) groups excluding carboxylic acids is 1. The van der Waals surface area contributed by atoms with E-state index in [0.29, 0.717) is 5.92 Å². The van der Waals surface area contributed by atoms with Crippen LogP contribution in [0.1, 0.15) is 52.7 Å². The Kier molecular flexibility index (Phi) is 5.69. The summed E-state index contributed by atoms with van der Waals surface area (Å²) in [6.07, 6.45) is 7.11. The number of aryl methyl sites for hydroxylation is 2. The fourth-order valence-corrected chi connectivity index (χ4v) is 4.60. The highest BCUT2D eigenvalue weighted by Gasteiger charge is 2.28. The van der Waals surface area contributed by atoms with Gasteiger partial charge in [-0.1, -0.05) is 0 Å². The summed E-state index contributed by atoms with van der Waals surface area (Å²) in [6.45, 7) is 3.78. The molecular formula is C16H25ClN2OS. The lowest BCUT2D eigenvalue weighted by atomic mass is 9.92. The zero-order chi connectivity index (χ0) is 14.1. The molecule has 1 aliphatic carbocycles. The smallest absolute Gasteiger partial charge is 0.263 e. The quantitative estimate of drug-likeness (QED) is 0.905. The van der Waals surface area contributed by atoms with Gasteiger partial charge in [-0.05, 0) is 63.0 Å². The van der Waals surface area contributed by atoms with Crippen LogP contribution >= 0.6 is 23.7 Å². The number of fused-ring (bicyclic) bond motifs is 1. The van der Waals surface area contributed by atoms with Gasteiger partial charge in [0.2, 0.25) is 0 Å². The Labute approximate surface area is 137 Å². The summed E-state index contributed by atoms with van der Waals surface area (Å²) in [6, 6.07) is 2.33. The van der Waals surface area contributed by atoms with Crippen molar-refractivity contribution in [2.75, 3.05) is 13.1 Å². The van der Waals surface area contributed by atoms with E-state index in [1.165, 1.54) is 23.3 Å². The number of likely N-dealkylation sites (tertiary alicyclic amines) is 1. The molecule has 21 heavy (non-hydrogen) atoms. The monoisotopic (exact) mass is 328 g/mol. The molecule has 1 saturated heterocycles. The van der Waals surface area contributed by atoms with Crippen LogP contribution in [0.3, 0.4) is 0 Å². The normalized spacial score (nSPS) is 23.1. The second-order valence-electron chi connectivity index (χ2n) is 6.28. The standard InChI is InChI=1S/C16H24N2OS.ClH/c1-11(17)13-6-4-8-18(10-13)16(19)15-9-12-5-2-3-7-14(12)20-15;/h9,11,13H,2-8,10,17H2,1H3;1H. The van der Waals surface area contributed by atoms with Crippen molar-refractivity contribution in [1.29, 1.82) is 0 Å². The molecule has 2 heterocycles. The Bertz CT molecular complexity index is 477. The predicted molar refractivity (Wildman–Crippen MR) is 90.5 cm³/mol. The summed E-state index contributed by atoms with van der Waals surface area (Å²) in [5.74, 6) is 0.692. The van der Waals surface area contributed by atoms with Crippen LogP contribution in [0.4, 0.5) is 0 Å². The highest BCUT2D eigenvalue weighted by Crippen LogP contribution is 2.31. The predicted octanol–water partition coefficient (Wildman–Crippen LogP) is 3.25. The Balaban J connectivity index is 0.00000161. The summed E-state index contributed by atoms with van der Waals surface area (Å²) in [7, 11) is 0. The second kappa shape index (κ2) is 7.12. The van der Waals surface area contributed by atoms with E-state index in [9.17, 15) is 4.79 Å². The molecule has 1 aliphatic heterocycles. The first-order valence-corrected chi connectivity index (χ1v) is 8.63. The Morgan fingerprint density at radius 3 is 2.86 bits per heavy atom. The zero-order valence-corrected chi connectivity index (χ0v) is 14.3. The molecule has 0 bridgehead atoms. The number of halogens is 1. The molecule has 3 nitrogen and oxygen atoms in total. The molecule has 0 radical (unpaired) electrons. The molecule has 0 spiro atoms. The third-order valence-corrected chi connectivity index (χ3v) is 5.92. The average molecular weight is 329 g/mol. The van der Waals surface area contributed by atoms with Gasteiger partial charge in [0, 0.05) is 24.0 Å². The van der Waals surface area contributed by atoms with E-state index in [1.807, 2.05) is 4.90 Å². The number of carbonyl (C=O) groups is 1. The van der Waals surface area contributed by atoms with Gasteiger partial charge >= 0.3 is 0 Å². The van der Waals surface area contributed by atoms with Gasteiger partial charge in [0.1, 0.15) is 0 Å². The van der Waals surface area contributed by atoms with Crippen molar-refractivity contribution in [3.05, 3.63) is 21.4 Å². The van der Waals surface area contributed by atoms with Gasteiger partial charge in [0.25, 0.3) is 5.91 Å². The highest BCUT2D eigenvalue weighted by atomic mass is 35.5. The lowest BCUT2D eigenvalue weighted by Crippen LogP contribution is -2.44. The van der Waals surface area contributed by atoms with Crippen LogP contribution in [0.2, 0.25) is 0 Å². The molecule has 2 aliphatic rings. The van der Waals surface area contributed by atoms with E-state index in [0.717, 1.165) is 43.6 Å². The van der Waals surface area contributed by atoms with Crippen molar-refractivity contribution in [3.8, 4) is 0 Å². The highest BCUT2D eigenvalue weighted by molar-refractivity contribution is 7.14. The van der Waals surface area contributed by atoms with E-state index in [-0.39, 0.29) is 24.4 Å². The minimum Gasteiger partial charge on any atom is -0.338 e. The van der Waals surface area contributed by atoms with Gasteiger partial charge in [-0.15, -0.1) is 23.7 Å². The van der Waals surface area contributed by atoms with Crippen molar-refractivity contribution in [3.63, 3.8) is 0 Å². The van der Waals surface area contributed by atoms with Gasteiger partial charge in [-0.2, -0.15) is 0 Å². The summed E-state index contributed by atoms with van der Waals surface area (Å²) in [5.41, 5.74) is 7.43. The topological polar surface area (TPSA) is 46.3 Å². The number of amides is 1. The molecule has 1 aromatic rings. The summed E-state index contributed by atoms with van der Waals surface area (Å²) in [4.78, 5) is 17.1. The lowest BCUT2D eigenvalue weighted by molar-refractivity contribution is 0.0666. The van der Waals surface area contributed by atoms with Gasteiger partial charge in [0.15, 0.2) is 0 Å². The third-order valence-electron chi connectivity index (χ3n) is 4.70. The molecule has 2 unspecified atom stereocenters. The summed E-state index contributed by atoms with van der Waals surface area (Å²) in [5, 5.41) is 0. The molecule has 5 heteroatoms. The maximum absolute atomic E-state index is 12.7. The zero-order valence-electron chi connectivity index (χ0n) is 12.6. The van der Waals surface area contributed by atoms with Gasteiger partial charge < -0.3 is 10.6 Å². The van der Waals surface area contributed by atoms with E-state index >= 15 is 0 Å². The molecular weight excluding hydrogens is 304 g/mol. The molecule has 1 amide bonds. The van der Waals surface area contributed by atoms with Crippen molar-refractivity contribution in [1.82, 2.24) is 4.90 Å². The molecule has 0 aromatic carbocycles. The number of thiophene rings is 1. The Hall–Kier alpha value is -0.580. The maximum Gasteiger partial charge on any atom is 0.263 e. The molecule has 2 N–H and O–H groups in total. The van der Waals surface area contributed by atoms with E-state index in [4.69, 9.17) is 5.73 Å². The first-order chi connectivity index (χ1) is 9.65. The Morgan fingerprint density at radius 2 is 2.14 bits per heavy atom. The number of nitrogens with zero attached hydrogens (tertiary/aromatic N) is 1. The van der Waals surface area contributed by atoms with Crippen LogP contribution in [0, 0.1) is 5.92 Å². The van der Waals surface area contributed by atoms with Crippen LogP contribution in [0.25, 0.3) is 0 Å². The van der Waals surface area contributed by atoms with Crippen LogP contribution in [0.15, 0.2) is 6.07 Å². The molecule has 1 aromatic heterocycles. The van der Waals surface area contributed by atoms with E-state index in [2.05, 4.69) is 13.0 Å². The second-order valence-corrected chi connectivity index (χ2v) is 7.42. The summed E-state index contributed by atoms with van der Waals surface area (Å²) >= 11 is 1.72. The largest absolute Gasteiger partial charge is 0.338 e. The first kappa shape index (κ1) is 16.8. The molecule has 2 atom stereocenters. The number of hydrogen-bond acceptors (Lipinski definition) is 3. The van der Waals surface area contributed by atoms with Crippen LogP contribution in [-0.2, 0) is 12.8 Å². The van der Waals surface area contributed by atoms with Crippen molar-refractivity contribution in [2.24, 2.45) is 11.7 Å². The summed E-state index contributed by atoms with van der Waals surface area (Å²) < 4.78 is 0. The van der Waals surface area contributed by atoms with E-state index < -0.39 is 0 Å². The SMILES string of the molecule is CC(N)C1CCCN(C(=O)c2cc3c(s2)CCCC3)C1.Cl. The van der Waals surface area contributed by atoms with Gasteiger partial charge in [-0.25, -0.2) is 0 Å². The molecule has 1 fully saturated rings. The average Bonchev–Trinajstić information content (AvgIpc) is 2.90. The molecule has 3 rings (SSSR count). The lowest BCUT2D eigenvalue weighted by Gasteiger charge is -2.34. The van der Waals surface area contributed by atoms with Crippen LogP contribution in [0.5, 0.6) is 0 Å². The van der Waals surface area contributed by atoms with Gasteiger partial charge in [-0.3, -0.25) is 4.79 Å². The van der Waals surface area contributed by atoms with Crippen molar-refractivity contribution >= 4 is 29.7 Å². The fourth-order valence-electron chi connectivity index (χ4n) is 3.38.